The number of phenolic OH excluding ortho intramolecular Hbond substituents is 1. The van der Waals surface area contributed by atoms with Crippen LogP contribution in [0.2, 0.25) is 0 Å². The van der Waals surface area contributed by atoms with E-state index >= 15 is 0 Å². The number of hydrogen-bond acceptors (Lipinski definition) is 6. The Morgan fingerprint density at radius 3 is 2.77 bits per heavy atom. The summed E-state index contributed by atoms with van der Waals surface area (Å²) < 4.78 is 0. The summed E-state index contributed by atoms with van der Waals surface area (Å²) in [6, 6.07) is 5.99. The van der Waals surface area contributed by atoms with Crippen molar-refractivity contribution in [1.29, 1.82) is 0 Å². The Kier molecular flexibility index (Phi) is 5.11. The van der Waals surface area contributed by atoms with Crippen LogP contribution in [0.15, 0.2) is 36.7 Å². The molecule has 2 atom stereocenters. The normalized spacial score (nSPS) is 23.5. The zero-order valence-electron chi connectivity index (χ0n) is 16.6. The van der Waals surface area contributed by atoms with E-state index in [0.717, 1.165) is 24.2 Å². The van der Waals surface area contributed by atoms with Crippen LogP contribution in [0, 0.1) is 5.92 Å². The molecule has 156 valence electrons. The van der Waals surface area contributed by atoms with Crippen molar-refractivity contribution in [3.63, 3.8) is 0 Å². The molecular weight excluding hydrogens is 386 g/mol. The molecule has 2 aromatic rings. The summed E-state index contributed by atoms with van der Waals surface area (Å²) in [6.45, 7) is 1.60. The third kappa shape index (κ3) is 3.58. The zero-order chi connectivity index (χ0) is 21.3. The van der Waals surface area contributed by atoms with Gasteiger partial charge in [-0.3, -0.25) is 14.5 Å². The predicted molar refractivity (Wildman–Crippen MR) is 108 cm³/mol. The number of urea groups is 1. The number of nitrogens with one attached hydrogen (secondary N) is 2. The molecule has 1 spiro atoms. The summed E-state index contributed by atoms with van der Waals surface area (Å²) in [7, 11) is 0. The van der Waals surface area contributed by atoms with Crippen LogP contribution in [0.3, 0.4) is 0 Å². The molecule has 1 aliphatic heterocycles. The van der Waals surface area contributed by atoms with Gasteiger partial charge in [0.05, 0.1) is 18.1 Å². The molecule has 1 aliphatic carbocycles. The van der Waals surface area contributed by atoms with Crippen LogP contribution in [0.4, 0.5) is 10.5 Å². The maximum Gasteiger partial charge on any atom is 0.325 e. The van der Waals surface area contributed by atoms with E-state index < -0.39 is 17.5 Å². The monoisotopic (exact) mass is 409 g/mol. The lowest BCUT2D eigenvalue weighted by atomic mass is 9.73. The van der Waals surface area contributed by atoms with Crippen LogP contribution in [-0.2, 0) is 9.59 Å². The quantitative estimate of drug-likeness (QED) is 0.666. The van der Waals surface area contributed by atoms with Crippen LogP contribution in [0.25, 0.3) is 11.4 Å². The van der Waals surface area contributed by atoms with Gasteiger partial charge in [0.15, 0.2) is 5.82 Å². The minimum Gasteiger partial charge on any atom is -0.508 e. The number of benzene rings is 1. The predicted octanol–water partition coefficient (Wildman–Crippen LogP) is 2.29. The first-order chi connectivity index (χ1) is 14.4. The minimum absolute atomic E-state index is 0.0362. The van der Waals surface area contributed by atoms with Crippen LogP contribution in [-0.4, -0.2) is 49.9 Å². The first-order valence-electron chi connectivity index (χ1n) is 9.94. The van der Waals surface area contributed by atoms with E-state index in [1.165, 1.54) is 18.5 Å². The third-order valence-corrected chi connectivity index (χ3v) is 5.84. The number of nitrogens with zero attached hydrogens (tertiary/aromatic N) is 3. The molecule has 9 nitrogen and oxygen atoms in total. The molecule has 2 aliphatic rings. The number of imide groups is 1. The van der Waals surface area contributed by atoms with Gasteiger partial charge in [-0.2, -0.15) is 0 Å². The number of aromatic nitrogens is 2. The molecule has 1 saturated carbocycles. The maximum atomic E-state index is 12.9. The highest BCUT2D eigenvalue weighted by Gasteiger charge is 2.55. The lowest BCUT2D eigenvalue weighted by Gasteiger charge is -2.36. The highest BCUT2D eigenvalue weighted by atomic mass is 16.3. The number of carbonyl (C=O) groups excluding carboxylic acids is 3. The Bertz CT molecular complexity index is 993. The van der Waals surface area contributed by atoms with Gasteiger partial charge in [0.2, 0.25) is 5.91 Å². The summed E-state index contributed by atoms with van der Waals surface area (Å²) in [6.07, 6.45) is 6.24. The number of rotatable bonds is 4. The van der Waals surface area contributed by atoms with E-state index in [9.17, 15) is 19.5 Å². The van der Waals surface area contributed by atoms with Gasteiger partial charge < -0.3 is 15.7 Å². The fourth-order valence-electron chi connectivity index (χ4n) is 4.17. The molecule has 30 heavy (non-hydrogen) atoms. The summed E-state index contributed by atoms with van der Waals surface area (Å²) in [5, 5.41) is 15.0. The van der Waals surface area contributed by atoms with Gasteiger partial charge >= 0.3 is 6.03 Å². The standard InChI is InChI=1S/C21H23N5O4/c1-13-5-2-3-8-21(13)19(29)26(20(30)25-21)12-17(28)24-15-10-22-18(23-11-15)14-6-4-7-16(27)9-14/h4,6-7,9-11,13,27H,2-3,5,8,12H2,1H3,(H,24,28)(H,25,30). The molecular formula is C21H23N5O4. The van der Waals surface area contributed by atoms with Crippen LogP contribution >= 0.6 is 0 Å². The molecule has 4 amide bonds. The third-order valence-electron chi connectivity index (χ3n) is 5.84. The minimum atomic E-state index is -0.887. The maximum absolute atomic E-state index is 12.9. The van der Waals surface area contributed by atoms with E-state index in [1.54, 1.807) is 18.2 Å². The highest BCUT2D eigenvalue weighted by Crippen LogP contribution is 2.38. The van der Waals surface area contributed by atoms with Crippen molar-refractivity contribution in [2.24, 2.45) is 5.92 Å². The van der Waals surface area contributed by atoms with Gasteiger partial charge in [-0.05, 0) is 30.9 Å². The fraction of sp³-hybridized carbons (Fsp3) is 0.381. The molecule has 3 N–H and O–H groups in total. The number of anilines is 1. The Morgan fingerprint density at radius 1 is 1.30 bits per heavy atom. The van der Waals surface area contributed by atoms with Crippen molar-refractivity contribution >= 4 is 23.5 Å². The number of aromatic hydroxyl groups is 1. The fourth-order valence-corrected chi connectivity index (χ4v) is 4.17. The second-order valence-electron chi connectivity index (χ2n) is 7.83. The number of carbonyl (C=O) groups is 3. The van der Waals surface area contributed by atoms with E-state index in [-0.39, 0.29) is 24.1 Å². The summed E-state index contributed by atoms with van der Waals surface area (Å²) in [5.41, 5.74) is 0.0950. The number of amides is 4. The molecule has 1 aromatic heterocycles. The molecule has 1 aromatic carbocycles. The smallest absolute Gasteiger partial charge is 0.325 e. The molecule has 2 unspecified atom stereocenters. The molecule has 2 heterocycles. The Hall–Kier alpha value is -3.49. The zero-order valence-corrected chi connectivity index (χ0v) is 16.6. The van der Waals surface area contributed by atoms with Gasteiger partial charge in [-0.25, -0.2) is 14.8 Å². The van der Waals surface area contributed by atoms with Crippen molar-refractivity contribution in [1.82, 2.24) is 20.2 Å². The first-order valence-corrected chi connectivity index (χ1v) is 9.94. The summed E-state index contributed by atoms with van der Waals surface area (Å²) in [5.74, 6) is -0.300. The van der Waals surface area contributed by atoms with Gasteiger partial charge in [0, 0.05) is 5.56 Å². The number of phenols is 1. The van der Waals surface area contributed by atoms with E-state index in [4.69, 9.17) is 0 Å². The van der Waals surface area contributed by atoms with Crippen LogP contribution in [0.5, 0.6) is 5.75 Å². The molecule has 0 bridgehead atoms. The van der Waals surface area contributed by atoms with Gasteiger partial charge in [0.1, 0.15) is 17.8 Å². The average Bonchev–Trinajstić information content (AvgIpc) is 2.96. The number of hydrogen-bond donors (Lipinski definition) is 3. The van der Waals surface area contributed by atoms with Gasteiger partial charge in [0.25, 0.3) is 5.91 Å². The second-order valence-corrected chi connectivity index (χ2v) is 7.83. The lowest BCUT2D eigenvalue weighted by Crippen LogP contribution is -2.54. The molecule has 9 heteroatoms. The van der Waals surface area contributed by atoms with Crippen molar-refractivity contribution in [3.8, 4) is 17.1 Å². The highest BCUT2D eigenvalue weighted by molar-refractivity contribution is 6.10. The topological polar surface area (TPSA) is 125 Å². The lowest BCUT2D eigenvalue weighted by molar-refractivity contribution is -0.136. The molecule has 0 radical (unpaired) electrons. The SMILES string of the molecule is CC1CCCCC12NC(=O)N(CC(=O)Nc1cnc(-c3cccc(O)c3)nc1)C2=O. The average molecular weight is 409 g/mol. The Morgan fingerprint density at radius 2 is 2.07 bits per heavy atom. The Balaban J connectivity index is 1.41. The molecule has 4 rings (SSSR count). The van der Waals surface area contributed by atoms with Crippen molar-refractivity contribution in [2.75, 3.05) is 11.9 Å². The van der Waals surface area contributed by atoms with E-state index in [1.807, 2.05) is 6.92 Å². The first kappa shape index (κ1) is 19.8. The largest absolute Gasteiger partial charge is 0.508 e. The van der Waals surface area contributed by atoms with E-state index in [0.29, 0.717) is 23.5 Å². The van der Waals surface area contributed by atoms with Gasteiger partial charge in [-0.1, -0.05) is 31.9 Å². The van der Waals surface area contributed by atoms with Gasteiger partial charge in [-0.15, -0.1) is 0 Å². The van der Waals surface area contributed by atoms with Crippen LogP contribution < -0.4 is 10.6 Å². The molecule has 2 fully saturated rings. The second kappa shape index (κ2) is 7.74. The Labute approximate surface area is 173 Å². The summed E-state index contributed by atoms with van der Waals surface area (Å²) in [4.78, 5) is 47.1. The van der Waals surface area contributed by atoms with Crippen LogP contribution in [0.1, 0.15) is 32.6 Å². The van der Waals surface area contributed by atoms with Crippen molar-refractivity contribution < 1.29 is 19.5 Å². The molecule has 1 saturated heterocycles. The summed E-state index contributed by atoms with van der Waals surface area (Å²) >= 11 is 0. The van der Waals surface area contributed by atoms with E-state index in [2.05, 4.69) is 20.6 Å². The van der Waals surface area contributed by atoms with Crippen molar-refractivity contribution in [2.45, 2.75) is 38.1 Å². The van der Waals surface area contributed by atoms with Crippen molar-refractivity contribution in [3.05, 3.63) is 36.7 Å².